The smallest absolute Gasteiger partial charge is 0.322 e. The molecule has 0 aromatic heterocycles. The van der Waals surface area contributed by atoms with Gasteiger partial charge in [0.15, 0.2) is 0 Å². The molecule has 2 atom stereocenters. The van der Waals surface area contributed by atoms with E-state index in [1.807, 2.05) is 6.92 Å². The number of nitrogens with one attached hydrogen (secondary N) is 4. The average molecular weight is 343 g/mol. The van der Waals surface area contributed by atoms with Crippen LogP contribution in [0.15, 0.2) is 23.3 Å². The number of hydrazone groups is 1. The van der Waals surface area contributed by atoms with Gasteiger partial charge in [-0.05, 0) is 11.6 Å². The maximum Gasteiger partial charge on any atom is 0.322 e. The van der Waals surface area contributed by atoms with Crippen LogP contribution in [0.5, 0.6) is 0 Å². The fraction of sp³-hybridized carbons (Fsp3) is 0.312. The van der Waals surface area contributed by atoms with Gasteiger partial charge < -0.3 is 10.6 Å². The van der Waals surface area contributed by atoms with Crippen molar-refractivity contribution in [2.45, 2.75) is 26.3 Å². The highest BCUT2D eigenvalue weighted by atomic mass is 16.2. The summed E-state index contributed by atoms with van der Waals surface area (Å²) in [6, 6.07) is 3.64. The summed E-state index contributed by atoms with van der Waals surface area (Å²) in [6.07, 6.45) is 0.293. The Morgan fingerprint density at radius 1 is 1.28 bits per heavy atom. The molecule has 1 fully saturated rings. The molecule has 9 heteroatoms. The summed E-state index contributed by atoms with van der Waals surface area (Å²) in [5, 5.41) is 11.5. The second-order valence-corrected chi connectivity index (χ2v) is 6.02. The fourth-order valence-electron chi connectivity index (χ4n) is 2.89. The Hall–Kier alpha value is -3.23. The summed E-state index contributed by atoms with van der Waals surface area (Å²) >= 11 is 0. The van der Waals surface area contributed by atoms with Crippen LogP contribution in [0, 0.1) is 5.92 Å². The zero-order valence-corrected chi connectivity index (χ0v) is 13.7. The fourth-order valence-corrected chi connectivity index (χ4v) is 2.89. The van der Waals surface area contributed by atoms with Crippen LogP contribution < -0.4 is 21.4 Å². The highest BCUT2D eigenvalue weighted by Crippen LogP contribution is 2.28. The topological polar surface area (TPSA) is 129 Å². The van der Waals surface area contributed by atoms with Crippen molar-refractivity contribution in [3.05, 3.63) is 29.3 Å². The zero-order valence-electron chi connectivity index (χ0n) is 13.7. The van der Waals surface area contributed by atoms with Crippen molar-refractivity contribution in [3.63, 3.8) is 0 Å². The van der Waals surface area contributed by atoms with E-state index in [9.17, 15) is 19.2 Å². The van der Waals surface area contributed by atoms with Crippen LogP contribution in [0.3, 0.4) is 0 Å². The van der Waals surface area contributed by atoms with Crippen LogP contribution in [0.2, 0.25) is 0 Å². The molecule has 0 radical (unpaired) electrons. The predicted octanol–water partition coefficient (Wildman–Crippen LogP) is 0.386. The van der Waals surface area contributed by atoms with Gasteiger partial charge in [-0.3, -0.25) is 19.7 Å². The van der Waals surface area contributed by atoms with E-state index < -0.39 is 18.0 Å². The molecule has 1 aromatic rings. The quantitative estimate of drug-likeness (QED) is 0.592. The molecule has 2 aliphatic heterocycles. The van der Waals surface area contributed by atoms with Crippen LogP contribution in [-0.2, 0) is 14.4 Å². The van der Waals surface area contributed by atoms with Crippen LogP contribution in [0.4, 0.5) is 10.5 Å². The Kier molecular flexibility index (Phi) is 4.22. The Morgan fingerprint density at radius 2 is 2.04 bits per heavy atom. The van der Waals surface area contributed by atoms with Gasteiger partial charge >= 0.3 is 6.03 Å². The first kappa shape index (κ1) is 16.6. The molecule has 2 unspecified atom stereocenters. The molecular formula is C16H17N5O4. The van der Waals surface area contributed by atoms with Crippen LogP contribution in [-0.4, -0.2) is 29.5 Å². The molecule has 130 valence electrons. The number of anilines is 1. The first-order valence-electron chi connectivity index (χ1n) is 7.75. The molecule has 2 heterocycles. The predicted molar refractivity (Wildman–Crippen MR) is 88.6 cm³/mol. The standard InChI is InChI=1S/C16H17N5O4/c1-7-5-12(23)20-21-13(7)10-4-3-9(6-11(10)17-8(2)22)14-15(24)19-16(25)18-14/h3-4,6-7,14H,5H2,1-2H3,(H,17,22)(H,20,23)(H2,18,19,24,25). The molecule has 4 N–H and O–H groups in total. The van der Waals surface area contributed by atoms with Gasteiger partial charge in [0, 0.05) is 24.8 Å². The number of rotatable bonds is 3. The minimum atomic E-state index is -0.820. The molecule has 0 spiro atoms. The number of urea groups is 1. The lowest BCUT2D eigenvalue weighted by Crippen LogP contribution is -2.32. The highest BCUT2D eigenvalue weighted by molar-refractivity contribution is 6.11. The summed E-state index contributed by atoms with van der Waals surface area (Å²) in [5.41, 5.74) is 4.71. The van der Waals surface area contributed by atoms with E-state index in [0.29, 0.717) is 28.9 Å². The van der Waals surface area contributed by atoms with E-state index in [4.69, 9.17) is 0 Å². The Morgan fingerprint density at radius 3 is 2.64 bits per heavy atom. The van der Waals surface area contributed by atoms with Gasteiger partial charge in [-0.1, -0.05) is 19.1 Å². The van der Waals surface area contributed by atoms with Gasteiger partial charge in [0.05, 0.1) is 11.4 Å². The van der Waals surface area contributed by atoms with Crippen molar-refractivity contribution in [1.82, 2.24) is 16.1 Å². The molecule has 0 saturated carbocycles. The number of hydrogen-bond acceptors (Lipinski definition) is 5. The maximum atomic E-state index is 11.8. The van der Waals surface area contributed by atoms with E-state index in [1.54, 1.807) is 18.2 Å². The number of carbonyl (C=O) groups excluding carboxylic acids is 4. The second kappa shape index (κ2) is 6.34. The molecule has 5 amide bonds. The Bertz CT molecular complexity index is 817. The lowest BCUT2D eigenvalue weighted by Gasteiger charge is -2.22. The van der Waals surface area contributed by atoms with Gasteiger partial charge in [-0.15, -0.1) is 0 Å². The summed E-state index contributed by atoms with van der Waals surface area (Å²) < 4.78 is 0. The summed E-state index contributed by atoms with van der Waals surface area (Å²) in [4.78, 5) is 46.2. The lowest BCUT2D eigenvalue weighted by molar-refractivity contribution is -0.122. The second-order valence-electron chi connectivity index (χ2n) is 6.02. The van der Waals surface area contributed by atoms with E-state index in [2.05, 4.69) is 26.5 Å². The third-order valence-electron chi connectivity index (χ3n) is 4.00. The summed E-state index contributed by atoms with van der Waals surface area (Å²) in [7, 11) is 0. The first-order valence-corrected chi connectivity index (χ1v) is 7.75. The molecule has 1 aromatic carbocycles. The van der Waals surface area contributed by atoms with Crippen molar-refractivity contribution in [2.75, 3.05) is 5.32 Å². The van der Waals surface area contributed by atoms with Gasteiger partial charge in [0.1, 0.15) is 6.04 Å². The van der Waals surface area contributed by atoms with Gasteiger partial charge in [0.25, 0.3) is 5.91 Å². The highest BCUT2D eigenvalue weighted by Gasteiger charge is 2.32. The largest absolute Gasteiger partial charge is 0.326 e. The lowest BCUT2D eigenvalue weighted by atomic mass is 9.91. The number of carbonyl (C=O) groups is 4. The average Bonchev–Trinajstić information content (AvgIpc) is 2.86. The number of nitrogens with zero attached hydrogens (tertiary/aromatic N) is 1. The molecule has 1 saturated heterocycles. The maximum absolute atomic E-state index is 11.8. The van der Waals surface area contributed by atoms with Gasteiger partial charge in [0.2, 0.25) is 11.8 Å². The van der Waals surface area contributed by atoms with Crippen LogP contribution in [0.25, 0.3) is 0 Å². The van der Waals surface area contributed by atoms with E-state index >= 15 is 0 Å². The molecule has 2 aliphatic rings. The molecule has 0 aliphatic carbocycles. The van der Waals surface area contributed by atoms with Crippen molar-refractivity contribution >= 4 is 35.2 Å². The number of amides is 5. The number of imide groups is 1. The normalized spacial score (nSPS) is 22.6. The van der Waals surface area contributed by atoms with Crippen molar-refractivity contribution < 1.29 is 19.2 Å². The SMILES string of the molecule is CC(=O)Nc1cc(C2NC(=O)NC2=O)ccc1C1=NNC(=O)CC1C. The third-order valence-corrected chi connectivity index (χ3v) is 4.00. The summed E-state index contributed by atoms with van der Waals surface area (Å²) in [6.45, 7) is 3.24. The van der Waals surface area contributed by atoms with E-state index in [0.717, 1.165) is 0 Å². The zero-order chi connectivity index (χ0) is 18.1. The number of hydrogen-bond donors (Lipinski definition) is 4. The molecule has 9 nitrogen and oxygen atoms in total. The first-order chi connectivity index (χ1) is 11.8. The van der Waals surface area contributed by atoms with E-state index in [-0.39, 0.29) is 17.7 Å². The molecule has 3 rings (SSSR count). The van der Waals surface area contributed by atoms with Crippen molar-refractivity contribution in [2.24, 2.45) is 11.0 Å². The Labute approximate surface area is 143 Å². The van der Waals surface area contributed by atoms with Gasteiger partial charge in [-0.25, -0.2) is 10.2 Å². The van der Waals surface area contributed by atoms with Crippen molar-refractivity contribution in [1.29, 1.82) is 0 Å². The minimum absolute atomic E-state index is 0.124. The molecule has 0 bridgehead atoms. The Balaban J connectivity index is 2.01. The monoisotopic (exact) mass is 343 g/mol. The number of benzene rings is 1. The summed E-state index contributed by atoms with van der Waals surface area (Å²) in [5.74, 6) is -1.03. The molecular weight excluding hydrogens is 326 g/mol. The molecule has 25 heavy (non-hydrogen) atoms. The van der Waals surface area contributed by atoms with E-state index in [1.165, 1.54) is 6.92 Å². The van der Waals surface area contributed by atoms with Crippen molar-refractivity contribution in [3.8, 4) is 0 Å². The van der Waals surface area contributed by atoms with Crippen LogP contribution in [0.1, 0.15) is 37.4 Å². The van der Waals surface area contributed by atoms with Crippen LogP contribution >= 0.6 is 0 Å². The van der Waals surface area contributed by atoms with Gasteiger partial charge in [-0.2, -0.15) is 5.10 Å². The third kappa shape index (κ3) is 3.35. The minimum Gasteiger partial charge on any atom is -0.326 e.